The average Bonchev–Trinajstić information content (AvgIpc) is 2.39. The average molecular weight is 309 g/mol. The minimum absolute atomic E-state index is 0.157. The van der Waals surface area contributed by atoms with Crippen LogP contribution in [0.2, 0.25) is 0 Å². The van der Waals surface area contributed by atoms with Gasteiger partial charge in [0.25, 0.3) is 0 Å². The smallest absolute Gasteiger partial charge is 0.220 e. The molecule has 7 N–H and O–H groups in total. The third-order valence-corrected chi connectivity index (χ3v) is 3.53. The molecule has 0 bridgehead atoms. The van der Waals surface area contributed by atoms with E-state index in [1.807, 2.05) is 0 Å². The summed E-state index contributed by atoms with van der Waals surface area (Å²) in [5.41, 5.74) is 0. The molecule has 1 rings (SSSR count). The Kier molecular flexibility index (Phi) is 6.05. The molecule has 0 saturated carbocycles. The lowest BCUT2D eigenvalue weighted by Crippen LogP contribution is -2.67. The monoisotopic (exact) mass is 309 g/mol. The molecule has 0 aromatic carbocycles. The van der Waals surface area contributed by atoms with Crippen LogP contribution in [0.1, 0.15) is 26.7 Å². The molecule has 21 heavy (non-hydrogen) atoms. The first-order valence-corrected chi connectivity index (χ1v) is 6.70. The maximum Gasteiger partial charge on any atom is 0.220 e. The Morgan fingerprint density at radius 2 is 1.95 bits per heavy atom. The van der Waals surface area contributed by atoms with Crippen molar-refractivity contribution in [1.29, 1.82) is 0 Å². The van der Waals surface area contributed by atoms with E-state index in [0.29, 0.717) is 0 Å². The van der Waals surface area contributed by atoms with E-state index in [-0.39, 0.29) is 6.42 Å². The van der Waals surface area contributed by atoms with Crippen molar-refractivity contribution in [2.45, 2.75) is 69.2 Å². The standard InChI is InChI=1S/C12H23NO8/c1-3-6(15)9(17)10-8(13-5(2)14)7(16)4-12(20,21-10)11(18)19/h6-11,15-20H,3-4H2,1-2H3,(H,13,14)/t6-,7?,8?,9-,10?,12?/m1/s1. The zero-order valence-electron chi connectivity index (χ0n) is 11.9. The minimum Gasteiger partial charge on any atom is -0.391 e. The number of nitrogens with one attached hydrogen (secondary N) is 1. The molecule has 1 aliphatic rings. The fourth-order valence-electron chi connectivity index (χ4n) is 2.32. The first kappa shape index (κ1) is 18.2. The summed E-state index contributed by atoms with van der Waals surface area (Å²) in [4.78, 5) is 11.2. The Morgan fingerprint density at radius 1 is 1.38 bits per heavy atom. The molecule has 9 heteroatoms. The summed E-state index contributed by atoms with van der Waals surface area (Å²) in [6.45, 7) is 2.78. The fraction of sp³-hybridized carbons (Fsp3) is 0.917. The van der Waals surface area contributed by atoms with Crippen LogP contribution in [0, 0.1) is 0 Å². The Bertz CT molecular complexity index is 365. The summed E-state index contributed by atoms with van der Waals surface area (Å²) in [6, 6.07) is -1.11. The van der Waals surface area contributed by atoms with Gasteiger partial charge in [0.2, 0.25) is 18.0 Å². The molecule has 1 amide bonds. The van der Waals surface area contributed by atoms with Crippen molar-refractivity contribution in [3.63, 3.8) is 0 Å². The Labute approximate surface area is 121 Å². The van der Waals surface area contributed by atoms with E-state index in [1.165, 1.54) is 6.92 Å². The Morgan fingerprint density at radius 3 is 2.38 bits per heavy atom. The largest absolute Gasteiger partial charge is 0.391 e. The van der Waals surface area contributed by atoms with Gasteiger partial charge >= 0.3 is 0 Å². The number of carbonyl (C=O) groups is 1. The second-order valence-electron chi connectivity index (χ2n) is 5.26. The molecule has 0 aromatic heterocycles. The molecular formula is C12H23NO8. The second kappa shape index (κ2) is 6.97. The predicted octanol–water partition coefficient (Wildman–Crippen LogP) is -3.23. The van der Waals surface area contributed by atoms with Crippen LogP contribution in [-0.4, -0.2) is 79.1 Å². The predicted molar refractivity (Wildman–Crippen MR) is 68.6 cm³/mol. The normalized spacial score (nSPS) is 36.3. The molecule has 0 aliphatic carbocycles. The second-order valence-corrected chi connectivity index (χ2v) is 5.26. The van der Waals surface area contributed by atoms with Gasteiger partial charge in [-0.25, -0.2) is 0 Å². The van der Waals surface area contributed by atoms with Gasteiger partial charge in [-0.05, 0) is 6.42 Å². The molecule has 1 fully saturated rings. The number of aliphatic hydroxyl groups is 6. The topological polar surface area (TPSA) is 160 Å². The highest BCUT2D eigenvalue weighted by molar-refractivity contribution is 5.73. The third kappa shape index (κ3) is 4.10. The number of ether oxygens (including phenoxy) is 1. The molecule has 1 heterocycles. The zero-order valence-corrected chi connectivity index (χ0v) is 11.9. The third-order valence-electron chi connectivity index (χ3n) is 3.53. The molecule has 9 nitrogen and oxygen atoms in total. The maximum atomic E-state index is 11.2. The van der Waals surface area contributed by atoms with Gasteiger partial charge in [0.15, 0.2) is 0 Å². The van der Waals surface area contributed by atoms with E-state index in [2.05, 4.69) is 5.32 Å². The van der Waals surface area contributed by atoms with Gasteiger partial charge in [0, 0.05) is 13.3 Å². The fourth-order valence-corrected chi connectivity index (χ4v) is 2.32. The van der Waals surface area contributed by atoms with E-state index in [0.717, 1.165) is 0 Å². The summed E-state index contributed by atoms with van der Waals surface area (Å²) in [5.74, 6) is -3.02. The van der Waals surface area contributed by atoms with Crippen molar-refractivity contribution in [3.05, 3.63) is 0 Å². The van der Waals surface area contributed by atoms with Gasteiger partial charge in [-0.1, -0.05) is 6.92 Å². The lowest BCUT2D eigenvalue weighted by Gasteiger charge is -2.47. The number of carbonyl (C=O) groups excluding carboxylic acids is 1. The first-order valence-electron chi connectivity index (χ1n) is 6.70. The molecule has 0 aromatic rings. The van der Waals surface area contributed by atoms with Gasteiger partial charge in [-0.15, -0.1) is 0 Å². The van der Waals surface area contributed by atoms with Gasteiger partial charge in [-0.3, -0.25) is 4.79 Å². The molecule has 0 radical (unpaired) electrons. The summed E-state index contributed by atoms with van der Waals surface area (Å²) in [6.07, 6.45) is -8.36. The number of hydrogen-bond acceptors (Lipinski definition) is 8. The summed E-state index contributed by atoms with van der Waals surface area (Å²) < 4.78 is 5.07. The Balaban J connectivity index is 3.04. The summed E-state index contributed by atoms with van der Waals surface area (Å²) >= 11 is 0. The number of rotatable bonds is 5. The summed E-state index contributed by atoms with van der Waals surface area (Å²) in [5, 5.41) is 60.4. The lowest BCUT2D eigenvalue weighted by atomic mass is 9.88. The van der Waals surface area contributed by atoms with Crippen molar-refractivity contribution >= 4 is 5.91 Å². The number of hydrogen-bond donors (Lipinski definition) is 7. The van der Waals surface area contributed by atoms with Crippen LogP contribution >= 0.6 is 0 Å². The molecule has 4 unspecified atom stereocenters. The minimum atomic E-state index is -2.51. The van der Waals surface area contributed by atoms with E-state index in [1.54, 1.807) is 6.92 Å². The van der Waals surface area contributed by atoms with Crippen molar-refractivity contribution < 1.29 is 40.2 Å². The van der Waals surface area contributed by atoms with Crippen molar-refractivity contribution in [3.8, 4) is 0 Å². The molecular weight excluding hydrogens is 286 g/mol. The highest BCUT2D eigenvalue weighted by atomic mass is 16.7. The molecule has 1 aliphatic heterocycles. The van der Waals surface area contributed by atoms with E-state index in [4.69, 9.17) is 14.9 Å². The van der Waals surface area contributed by atoms with Crippen LogP contribution in [0.25, 0.3) is 0 Å². The molecule has 1 saturated heterocycles. The van der Waals surface area contributed by atoms with Crippen LogP contribution in [0.15, 0.2) is 0 Å². The number of amides is 1. The molecule has 6 atom stereocenters. The van der Waals surface area contributed by atoms with E-state index in [9.17, 15) is 25.2 Å². The van der Waals surface area contributed by atoms with Gasteiger partial charge in [0.05, 0.1) is 18.2 Å². The van der Waals surface area contributed by atoms with Crippen LogP contribution in [-0.2, 0) is 9.53 Å². The first-order chi connectivity index (χ1) is 9.62. The zero-order chi connectivity index (χ0) is 16.4. The van der Waals surface area contributed by atoms with Crippen molar-refractivity contribution in [2.24, 2.45) is 0 Å². The van der Waals surface area contributed by atoms with Gasteiger partial charge in [-0.2, -0.15) is 0 Å². The number of aliphatic hydroxyl groups excluding tert-OH is 4. The van der Waals surface area contributed by atoms with Gasteiger partial charge in [0.1, 0.15) is 12.2 Å². The Hall–Kier alpha value is -0.810. The van der Waals surface area contributed by atoms with E-state index < -0.39 is 54.9 Å². The highest BCUT2D eigenvalue weighted by Gasteiger charge is 2.52. The van der Waals surface area contributed by atoms with Crippen LogP contribution in [0.3, 0.4) is 0 Å². The van der Waals surface area contributed by atoms with Crippen LogP contribution in [0.4, 0.5) is 0 Å². The van der Waals surface area contributed by atoms with E-state index >= 15 is 0 Å². The van der Waals surface area contributed by atoms with Gasteiger partial charge < -0.3 is 40.7 Å². The van der Waals surface area contributed by atoms with Crippen LogP contribution in [0.5, 0.6) is 0 Å². The SMILES string of the molecule is CC[C@@H](O)[C@@H](O)C1OC(O)(C(O)O)CC(O)C1NC(C)=O. The lowest BCUT2D eigenvalue weighted by molar-refractivity contribution is -0.367. The highest BCUT2D eigenvalue weighted by Crippen LogP contribution is 2.32. The van der Waals surface area contributed by atoms with Crippen LogP contribution < -0.4 is 5.32 Å². The molecule has 0 spiro atoms. The maximum absolute atomic E-state index is 11.2. The summed E-state index contributed by atoms with van der Waals surface area (Å²) in [7, 11) is 0. The van der Waals surface area contributed by atoms with Crippen molar-refractivity contribution in [1.82, 2.24) is 5.32 Å². The van der Waals surface area contributed by atoms with Crippen molar-refractivity contribution in [2.75, 3.05) is 0 Å². The molecule has 124 valence electrons. The quantitative estimate of drug-likeness (QED) is 0.261.